The summed E-state index contributed by atoms with van der Waals surface area (Å²) in [5.41, 5.74) is 2.23. The zero-order chi connectivity index (χ0) is 20.9. The zero-order valence-corrected chi connectivity index (χ0v) is 18.0. The Morgan fingerprint density at radius 2 is 1.83 bits per heavy atom. The largest absolute Gasteiger partial charge is 0.486 e. The van der Waals surface area contributed by atoms with E-state index in [9.17, 15) is 9.59 Å². The van der Waals surface area contributed by atoms with Crippen LogP contribution in [0.25, 0.3) is 0 Å². The van der Waals surface area contributed by atoms with Gasteiger partial charge >= 0.3 is 0 Å². The molecule has 2 heterocycles. The first kappa shape index (κ1) is 20.4. The van der Waals surface area contributed by atoms with Crippen LogP contribution < -0.4 is 14.8 Å². The van der Waals surface area contributed by atoms with Crippen molar-refractivity contribution < 1.29 is 19.1 Å². The number of aryl methyl sites for hydroxylation is 1. The maximum absolute atomic E-state index is 12.4. The Hall–Kier alpha value is -2.84. The van der Waals surface area contributed by atoms with Crippen LogP contribution in [0.2, 0.25) is 0 Å². The summed E-state index contributed by atoms with van der Waals surface area (Å²) in [6.07, 6.45) is 0.241. The smallest absolute Gasteiger partial charge is 0.224 e. The van der Waals surface area contributed by atoms with Gasteiger partial charge in [0.2, 0.25) is 5.91 Å². The van der Waals surface area contributed by atoms with Crippen LogP contribution in [0, 0.1) is 6.92 Å². The van der Waals surface area contributed by atoms with Gasteiger partial charge in [0.1, 0.15) is 13.2 Å². The van der Waals surface area contributed by atoms with Gasteiger partial charge < -0.3 is 14.8 Å². The fourth-order valence-corrected chi connectivity index (χ4v) is 4.71. The van der Waals surface area contributed by atoms with Gasteiger partial charge in [-0.2, -0.15) is 0 Å². The van der Waals surface area contributed by atoms with Crippen molar-refractivity contribution in [1.29, 1.82) is 0 Å². The molecule has 0 atom stereocenters. The number of anilines is 1. The molecular formula is C22H20N2O4S2. The highest BCUT2D eigenvalue weighted by atomic mass is 32.2. The van der Waals surface area contributed by atoms with E-state index in [4.69, 9.17) is 9.47 Å². The molecule has 1 aliphatic heterocycles. The first-order valence-electron chi connectivity index (χ1n) is 9.49. The third kappa shape index (κ3) is 5.20. The molecule has 1 amide bonds. The van der Waals surface area contributed by atoms with Crippen LogP contribution in [-0.2, 0) is 4.79 Å². The summed E-state index contributed by atoms with van der Waals surface area (Å²) in [5, 5.41) is 4.85. The number of ether oxygens (including phenoxy) is 2. The molecule has 0 fully saturated rings. The van der Waals surface area contributed by atoms with Crippen molar-refractivity contribution in [3.05, 3.63) is 59.1 Å². The van der Waals surface area contributed by atoms with E-state index >= 15 is 0 Å². The molecule has 0 spiro atoms. The Morgan fingerprint density at radius 1 is 1.07 bits per heavy atom. The lowest BCUT2D eigenvalue weighted by molar-refractivity contribution is -0.116. The van der Waals surface area contributed by atoms with Gasteiger partial charge in [-0.15, -0.1) is 11.3 Å². The first-order valence-corrected chi connectivity index (χ1v) is 11.2. The average Bonchev–Trinajstić information content (AvgIpc) is 3.17. The van der Waals surface area contributed by atoms with Crippen LogP contribution >= 0.6 is 23.1 Å². The monoisotopic (exact) mass is 440 g/mol. The molecular weight excluding hydrogens is 420 g/mol. The number of thiazole rings is 1. The van der Waals surface area contributed by atoms with Crippen LogP contribution in [-0.4, -0.2) is 29.9 Å². The van der Waals surface area contributed by atoms with Gasteiger partial charge in [-0.3, -0.25) is 9.59 Å². The van der Waals surface area contributed by atoms with E-state index < -0.39 is 0 Å². The molecule has 154 valence electrons. The van der Waals surface area contributed by atoms with Gasteiger partial charge in [-0.25, -0.2) is 4.98 Å². The number of nitrogens with zero attached hydrogens (tertiary/aromatic N) is 1. The Kier molecular flexibility index (Phi) is 6.35. The van der Waals surface area contributed by atoms with Crippen molar-refractivity contribution in [2.75, 3.05) is 18.5 Å². The van der Waals surface area contributed by atoms with E-state index in [1.807, 2.05) is 36.6 Å². The van der Waals surface area contributed by atoms with Crippen LogP contribution in [0.5, 0.6) is 11.5 Å². The van der Waals surface area contributed by atoms with E-state index in [-0.39, 0.29) is 24.5 Å². The molecule has 2 aromatic carbocycles. The molecule has 30 heavy (non-hydrogen) atoms. The molecule has 0 radical (unpaired) electrons. The van der Waals surface area contributed by atoms with E-state index in [0.717, 1.165) is 14.9 Å². The van der Waals surface area contributed by atoms with E-state index in [2.05, 4.69) is 10.3 Å². The second kappa shape index (κ2) is 9.32. The van der Waals surface area contributed by atoms with Crippen LogP contribution in [0.4, 0.5) is 5.69 Å². The van der Waals surface area contributed by atoms with Crippen molar-refractivity contribution in [3.63, 3.8) is 0 Å². The Morgan fingerprint density at radius 3 is 2.57 bits per heavy atom. The van der Waals surface area contributed by atoms with Crippen molar-refractivity contribution in [2.24, 2.45) is 0 Å². The van der Waals surface area contributed by atoms with Gasteiger partial charge in [0.25, 0.3) is 0 Å². The number of aromatic nitrogens is 1. The third-order valence-corrected chi connectivity index (χ3v) is 6.45. The SMILES string of the molecule is Cc1csc(Sc2ccc(NC(=O)CCC(=O)c3ccc4c(c3)OCCO4)cc2)n1. The van der Waals surface area contributed by atoms with Crippen molar-refractivity contribution in [1.82, 2.24) is 4.98 Å². The van der Waals surface area contributed by atoms with Crippen LogP contribution in [0.1, 0.15) is 28.9 Å². The van der Waals surface area contributed by atoms with Gasteiger partial charge in [0.05, 0.1) is 0 Å². The minimum atomic E-state index is -0.197. The highest BCUT2D eigenvalue weighted by Gasteiger charge is 2.16. The normalized spacial score (nSPS) is 12.4. The summed E-state index contributed by atoms with van der Waals surface area (Å²) in [6.45, 7) is 2.94. The molecule has 4 rings (SSSR count). The van der Waals surface area contributed by atoms with Crippen LogP contribution in [0.15, 0.2) is 57.1 Å². The number of fused-ring (bicyclic) bond motifs is 1. The van der Waals surface area contributed by atoms with Gasteiger partial charge in [0.15, 0.2) is 21.6 Å². The van der Waals surface area contributed by atoms with Crippen molar-refractivity contribution in [3.8, 4) is 11.5 Å². The third-order valence-electron chi connectivity index (χ3n) is 4.38. The Balaban J connectivity index is 1.27. The first-order chi connectivity index (χ1) is 14.6. The Labute approximate surface area is 182 Å². The molecule has 0 saturated carbocycles. The molecule has 6 nitrogen and oxygen atoms in total. The highest BCUT2D eigenvalue weighted by Crippen LogP contribution is 2.32. The number of hydrogen-bond donors (Lipinski definition) is 1. The zero-order valence-electron chi connectivity index (χ0n) is 16.3. The van der Waals surface area contributed by atoms with Crippen molar-refractivity contribution >= 4 is 40.5 Å². The summed E-state index contributed by atoms with van der Waals surface area (Å²) in [4.78, 5) is 30.1. The second-order valence-corrected chi connectivity index (χ2v) is 8.89. The molecule has 1 N–H and O–H groups in total. The van der Waals surface area contributed by atoms with Gasteiger partial charge in [0, 0.05) is 40.1 Å². The van der Waals surface area contributed by atoms with Gasteiger partial charge in [-0.1, -0.05) is 11.8 Å². The molecule has 0 unspecified atom stereocenters. The molecule has 3 aromatic rings. The molecule has 0 bridgehead atoms. The number of carbonyl (C=O) groups excluding carboxylic acids is 2. The maximum atomic E-state index is 12.4. The summed E-state index contributed by atoms with van der Waals surface area (Å²) in [6, 6.07) is 12.7. The number of hydrogen-bond acceptors (Lipinski definition) is 7. The average molecular weight is 441 g/mol. The van der Waals surface area contributed by atoms with E-state index in [1.54, 1.807) is 41.3 Å². The number of rotatable bonds is 7. The molecule has 0 aliphatic carbocycles. The lowest BCUT2D eigenvalue weighted by atomic mass is 10.1. The van der Waals surface area contributed by atoms with Gasteiger partial charge in [-0.05, 0) is 49.4 Å². The minimum absolute atomic E-state index is 0.104. The minimum Gasteiger partial charge on any atom is -0.486 e. The molecule has 1 aromatic heterocycles. The summed E-state index contributed by atoms with van der Waals surface area (Å²) >= 11 is 3.20. The lowest BCUT2D eigenvalue weighted by Gasteiger charge is -2.18. The number of nitrogens with one attached hydrogen (secondary N) is 1. The maximum Gasteiger partial charge on any atom is 0.224 e. The number of ketones is 1. The van der Waals surface area contributed by atoms with E-state index in [0.29, 0.717) is 36.0 Å². The van der Waals surface area contributed by atoms with Crippen molar-refractivity contribution in [2.45, 2.75) is 29.0 Å². The molecule has 8 heteroatoms. The predicted octanol–water partition coefficient (Wildman–Crippen LogP) is 4.98. The number of amides is 1. The number of benzene rings is 2. The second-order valence-electron chi connectivity index (χ2n) is 6.71. The summed E-state index contributed by atoms with van der Waals surface area (Å²) in [5.74, 6) is 0.911. The lowest BCUT2D eigenvalue weighted by Crippen LogP contribution is -2.16. The molecule has 0 saturated heterocycles. The number of carbonyl (C=O) groups is 2. The standard InChI is InChI=1S/C22H20N2O4S2/c1-14-13-29-22(23-14)30-17-5-3-16(4-6-17)24-21(26)9-7-18(25)15-2-8-19-20(12-15)28-11-10-27-19/h2-6,8,12-13H,7,9-11H2,1H3,(H,24,26). The fraction of sp³-hybridized carbons (Fsp3) is 0.227. The van der Waals surface area contributed by atoms with E-state index in [1.165, 1.54) is 0 Å². The summed E-state index contributed by atoms with van der Waals surface area (Å²) in [7, 11) is 0. The quantitative estimate of drug-likeness (QED) is 0.523. The van der Waals surface area contributed by atoms with Crippen LogP contribution in [0.3, 0.4) is 0 Å². The Bertz CT molecular complexity index is 1060. The topological polar surface area (TPSA) is 77.5 Å². The predicted molar refractivity (Wildman–Crippen MR) is 117 cm³/mol. The molecule has 1 aliphatic rings. The fourth-order valence-electron chi connectivity index (χ4n) is 2.90. The number of Topliss-reactive ketones (excluding diaryl/α,β-unsaturated/α-hetero) is 1. The summed E-state index contributed by atoms with van der Waals surface area (Å²) < 4.78 is 12.0. The highest BCUT2D eigenvalue weighted by molar-refractivity contribution is 8.01.